The van der Waals surface area contributed by atoms with E-state index in [-0.39, 0.29) is 11.9 Å². The Hall–Kier alpha value is -0.870. The number of carbonyl (C=O) groups is 1. The Balaban J connectivity index is 2.86. The van der Waals surface area contributed by atoms with Crippen LogP contribution in [0, 0.1) is 6.92 Å². The van der Waals surface area contributed by atoms with E-state index in [1.807, 2.05) is 32.0 Å². The number of aryl methyl sites for hydroxylation is 1. The lowest BCUT2D eigenvalue weighted by molar-refractivity contribution is 0.0940. The van der Waals surface area contributed by atoms with Crippen molar-refractivity contribution in [3.8, 4) is 0 Å². The van der Waals surface area contributed by atoms with Crippen molar-refractivity contribution < 1.29 is 4.79 Å². The van der Waals surface area contributed by atoms with Gasteiger partial charge in [-0.1, -0.05) is 22.0 Å². The molecular weight excluding hydrogens is 256 g/mol. The van der Waals surface area contributed by atoms with Gasteiger partial charge in [0, 0.05) is 22.6 Å². The summed E-state index contributed by atoms with van der Waals surface area (Å²) in [6, 6.07) is 5.63. The largest absolute Gasteiger partial charge is 0.348 e. The summed E-state index contributed by atoms with van der Waals surface area (Å²) in [5, 5.41) is 2.83. The zero-order valence-corrected chi connectivity index (χ0v) is 10.5. The van der Waals surface area contributed by atoms with E-state index < -0.39 is 0 Å². The summed E-state index contributed by atoms with van der Waals surface area (Å²) in [6.07, 6.45) is 0. The van der Waals surface area contributed by atoms with Gasteiger partial charge in [0.05, 0.1) is 0 Å². The van der Waals surface area contributed by atoms with E-state index >= 15 is 0 Å². The van der Waals surface area contributed by atoms with Gasteiger partial charge in [-0.15, -0.1) is 0 Å². The summed E-state index contributed by atoms with van der Waals surface area (Å²) in [6.45, 7) is 4.23. The lowest BCUT2D eigenvalue weighted by Gasteiger charge is -2.12. The molecule has 4 heteroatoms. The topological polar surface area (TPSA) is 55.1 Å². The lowest BCUT2D eigenvalue weighted by atomic mass is 10.1. The average molecular weight is 271 g/mol. The fraction of sp³-hybridized carbons (Fsp3) is 0.364. The van der Waals surface area contributed by atoms with E-state index in [2.05, 4.69) is 21.2 Å². The lowest BCUT2D eigenvalue weighted by Crippen LogP contribution is -2.38. The Kier molecular flexibility index (Phi) is 4.29. The normalized spacial score (nSPS) is 12.3. The molecule has 0 heterocycles. The third kappa shape index (κ3) is 3.32. The number of nitrogens with one attached hydrogen (secondary N) is 1. The molecule has 0 aliphatic rings. The summed E-state index contributed by atoms with van der Waals surface area (Å²) in [5.41, 5.74) is 7.09. The summed E-state index contributed by atoms with van der Waals surface area (Å²) in [5.74, 6) is -0.0771. The van der Waals surface area contributed by atoms with Gasteiger partial charge in [0.25, 0.3) is 5.91 Å². The van der Waals surface area contributed by atoms with Gasteiger partial charge in [-0.25, -0.2) is 0 Å². The van der Waals surface area contributed by atoms with Gasteiger partial charge in [-0.2, -0.15) is 0 Å². The molecule has 15 heavy (non-hydrogen) atoms. The van der Waals surface area contributed by atoms with Crippen LogP contribution in [-0.2, 0) is 0 Å². The zero-order valence-electron chi connectivity index (χ0n) is 8.88. The van der Waals surface area contributed by atoms with Crippen molar-refractivity contribution >= 4 is 21.8 Å². The fourth-order valence-corrected chi connectivity index (χ4v) is 1.56. The second-order valence-electron chi connectivity index (χ2n) is 3.57. The summed E-state index contributed by atoms with van der Waals surface area (Å²) in [7, 11) is 0. The van der Waals surface area contributed by atoms with Crippen LogP contribution in [0.4, 0.5) is 0 Å². The highest BCUT2D eigenvalue weighted by atomic mass is 79.9. The number of hydrogen-bond donors (Lipinski definition) is 2. The Bertz CT molecular complexity index is 366. The van der Waals surface area contributed by atoms with E-state index in [4.69, 9.17) is 5.73 Å². The van der Waals surface area contributed by atoms with Crippen LogP contribution in [-0.4, -0.2) is 18.5 Å². The van der Waals surface area contributed by atoms with Crippen LogP contribution in [0.15, 0.2) is 22.7 Å². The molecule has 0 spiro atoms. The van der Waals surface area contributed by atoms with Crippen LogP contribution >= 0.6 is 15.9 Å². The predicted molar refractivity (Wildman–Crippen MR) is 64.9 cm³/mol. The van der Waals surface area contributed by atoms with Crippen molar-refractivity contribution in [1.29, 1.82) is 0 Å². The molecule has 0 aliphatic heterocycles. The molecule has 1 amide bonds. The van der Waals surface area contributed by atoms with Gasteiger partial charge in [0.1, 0.15) is 0 Å². The summed E-state index contributed by atoms with van der Waals surface area (Å²) in [4.78, 5) is 11.8. The first kappa shape index (κ1) is 12.2. The van der Waals surface area contributed by atoms with Crippen molar-refractivity contribution in [2.75, 3.05) is 6.54 Å². The van der Waals surface area contributed by atoms with Crippen LogP contribution in [0.1, 0.15) is 22.8 Å². The first-order valence-electron chi connectivity index (χ1n) is 4.81. The minimum Gasteiger partial charge on any atom is -0.348 e. The Labute approximate surface area is 98.2 Å². The molecule has 1 aromatic carbocycles. The molecule has 0 aromatic heterocycles. The molecule has 1 rings (SSSR count). The van der Waals surface area contributed by atoms with Crippen LogP contribution in [0.25, 0.3) is 0 Å². The maximum absolute atomic E-state index is 11.8. The third-order valence-electron chi connectivity index (χ3n) is 2.18. The van der Waals surface area contributed by atoms with Crippen LogP contribution < -0.4 is 11.1 Å². The molecule has 1 aromatic rings. The molecule has 0 radical (unpaired) electrons. The van der Waals surface area contributed by atoms with Crippen LogP contribution in [0.2, 0.25) is 0 Å². The standard InChI is InChI=1S/C11H15BrN2O/c1-7-3-4-9(12)5-10(7)11(15)14-8(2)6-13/h3-5,8H,6,13H2,1-2H3,(H,14,15)/t8-/m0/s1. The molecule has 3 N–H and O–H groups in total. The summed E-state index contributed by atoms with van der Waals surface area (Å²) < 4.78 is 0.902. The molecule has 1 atom stereocenters. The van der Waals surface area contributed by atoms with Crippen molar-refractivity contribution in [1.82, 2.24) is 5.32 Å². The number of halogens is 1. The Morgan fingerprint density at radius 1 is 1.60 bits per heavy atom. The number of hydrogen-bond acceptors (Lipinski definition) is 2. The first-order chi connectivity index (χ1) is 7.04. The minimum absolute atomic E-state index is 0.00381. The number of rotatable bonds is 3. The van der Waals surface area contributed by atoms with Gasteiger partial charge in [0.15, 0.2) is 0 Å². The minimum atomic E-state index is -0.0771. The molecule has 0 fully saturated rings. The van der Waals surface area contributed by atoms with E-state index in [1.165, 1.54) is 0 Å². The third-order valence-corrected chi connectivity index (χ3v) is 2.67. The van der Waals surface area contributed by atoms with E-state index in [0.717, 1.165) is 10.0 Å². The number of benzene rings is 1. The second-order valence-corrected chi connectivity index (χ2v) is 4.49. The maximum atomic E-state index is 11.8. The monoisotopic (exact) mass is 270 g/mol. The molecule has 0 unspecified atom stereocenters. The molecule has 0 bridgehead atoms. The average Bonchev–Trinajstić information content (AvgIpc) is 2.21. The Morgan fingerprint density at radius 2 is 2.27 bits per heavy atom. The number of nitrogens with two attached hydrogens (primary N) is 1. The smallest absolute Gasteiger partial charge is 0.251 e. The summed E-state index contributed by atoms with van der Waals surface area (Å²) >= 11 is 3.34. The van der Waals surface area contributed by atoms with Gasteiger partial charge in [-0.3, -0.25) is 4.79 Å². The number of amides is 1. The highest BCUT2D eigenvalue weighted by molar-refractivity contribution is 9.10. The second kappa shape index (κ2) is 5.28. The first-order valence-corrected chi connectivity index (χ1v) is 5.61. The van der Waals surface area contributed by atoms with Crippen molar-refractivity contribution in [2.24, 2.45) is 5.73 Å². The highest BCUT2D eigenvalue weighted by Crippen LogP contribution is 2.15. The van der Waals surface area contributed by atoms with E-state index in [0.29, 0.717) is 12.1 Å². The fourth-order valence-electron chi connectivity index (χ4n) is 1.20. The maximum Gasteiger partial charge on any atom is 0.251 e. The van der Waals surface area contributed by atoms with Gasteiger partial charge >= 0.3 is 0 Å². The van der Waals surface area contributed by atoms with Crippen molar-refractivity contribution in [3.63, 3.8) is 0 Å². The molecular formula is C11H15BrN2O. The van der Waals surface area contributed by atoms with Gasteiger partial charge in [0.2, 0.25) is 0 Å². The van der Waals surface area contributed by atoms with Crippen molar-refractivity contribution in [3.05, 3.63) is 33.8 Å². The molecule has 0 aliphatic carbocycles. The molecule has 82 valence electrons. The van der Waals surface area contributed by atoms with Crippen molar-refractivity contribution in [2.45, 2.75) is 19.9 Å². The van der Waals surface area contributed by atoms with Gasteiger partial charge < -0.3 is 11.1 Å². The number of carbonyl (C=O) groups excluding carboxylic acids is 1. The quantitative estimate of drug-likeness (QED) is 0.881. The van der Waals surface area contributed by atoms with E-state index in [9.17, 15) is 4.79 Å². The Morgan fingerprint density at radius 3 is 2.87 bits per heavy atom. The zero-order chi connectivity index (χ0) is 11.4. The SMILES string of the molecule is Cc1ccc(Br)cc1C(=O)N[C@@H](C)CN. The molecule has 0 saturated heterocycles. The van der Waals surface area contributed by atoms with E-state index in [1.54, 1.807) is 0 Å². The predicted octanol–water partition coefficient (Wildman–Crippen LogP) is 1.83. The highest BCUT2D eigenvalue weighted by Gasteiger charge is 2.11. The van der Waals surface area contributed by atoms with Crippen LogP contribution in [0.5, 0.6) is 0 Å². The van der Waals surface area contributed by atoms with Crippen LogP contribution in [0.3, 0.4) is 0 Å². The molecule has 3 nitrogen and oxygen atoms in total. The van der Waals surface area contributed by atoms with Gasteiger partial charge in [-0.05, 0) is 31.5 Å². The molecule has 0 saturated carbocycles.